The van der Waals surface area contributed by atoms with Gasteiger partial charge in [-0.2, -0.15) is 0 Å². The summed E-state index contributed by atoms with van der Waals surface area (Å²) in [5.41, 5.74) is 3.42. The van der Waals surface area contributed by atoms with E-state index >= 15 is 0 Å². The molecule has 0 saturated carbocycles. The third-order valence-electron chi connectivity index (χ3n) is 5.89. The second kappa shape index (κ2) is 9.14. The van der Waals surface area contributed by atoms with Crippen molar-refractivity contribution in [2.24, 2.45) is 0 Å². The fraction of sp³-hybridized carbons (Fsp3) is 0.172. The molecule has 0 unspecified atom stereocenters. The molecule has 4 aromatic rings. The number of carbonyl (C=O) groups excluding carboxylic acids is 2. The number of Topliss-reactive ketones (excluding diaryl/α,β-unsaturated/α-hetero) is 1. The molecule has 2 heterocycles. The summed E-state index contributed by atoms with van der Waals surface area (Å²) in [5, 5.41) is 0.616. The van der Waals surface area contributed by atoms with Crippen LogP contribution in [0.25, 0.3) is 17.0 Å². The van der Waals surface area contributed by atoms with Gasteiger partial charge in [0.1, 0.15) is 34.2 Å². The van der Waals surface area contributed by atoms with E-state index in [1.165, 1.54) is 5.56 Å². The van der Waals surface area contributed by atoms with Gasteiger partial charge >= 0.3 is 5.97 Å². The first-order chi connectivity index (χ1) is 17.0. The van der Waals surface area contributed by atoms with E-state index in [1.54, 1.807) is 49.4 Å². The van der Waals surface area contributed by atoms with Crippen molar-refractivity contribution < 1.29 is 28.2 Å². The van der Waals surface area contributed by atoms with Crippen LogP contribution < -0.4 is 14.2 Å². The molecule has 0 aliphatic carbocycles. The monoisotopic (exact) mass is 468 g/mol. The molecule has 0 atom stereocenters. The van der Waals surface area contributed by atoms with Crippen molar-refractivity contribution in [1.29, 1.82) is 0 Å². The van der Waals surface area contributed by atoms with Crippen LogP contribution in [-0.2, 0) is 6.42 Å². The maximum atomic E-state index is 13.1. The fourth-order valence-corrected chi connectivity index (χ4v) is 4.10. The summed E-state index contributed by atoms with van der Waals surface area (Å²) < 4.78 is 22.7. The summed E-state index contributed by atoms with van der Waals surface area (Å²) in [6, 6.07) is 18.0. The molecule has 0 bridgehead atoms. The molecular formula is C29H24O6. The van der Waals surface area contributed by atoms with E-state index in [2.05, 4.69) is 6.92 Å². The summed E-state index contributed by atoms with van der Waals surface area (Å²) >= 11 is 0. The van der Waals surface area contributed by atoms with Crippen molar-refractivity contribution in [3.63, 3.8) is 0 Å². The van der Waals surface area contributed by atoms with Crippen molar-refractivity contribution in [1.82, 2.24) is 0 Å². The van der Waals surface area contributed by atoms with Crippen molar-refractivity contribution in [2.75, 3.05) is 6.61 Å². The summed E-state index contributed by atoms with van der Waals surface area (Å²) in [7, 11) is 0. The first kappa shape index (κ1) is 22.5. The number of hydrogen-bond donors (Lipinski definition) is 0. The molecule has 6 heteroatoms. The Hall–Kier alpha value is -4.32. The van der Waals surface area contributed by atoms with Gasteiger partial charge in [0.05, 0.1) is 12.2 Å². The van der Waals surface area contributed by atoms with Gasteiger partial charge in [0.2, 0.25) is 5.78 Å². The zero-order chi connectivity index (χ0) is 24.5. The summed E-state index contributed by atoms with van der Waals surface area (Å²) in [4.78, 5) is 25.9. The highest BCUT2D eigenvalue weighted by molar-refractivity contribution is 6.14. The maximum absolute atomic E-state index is 13.1. The standard InChI is InChI=1S/C29H24O6/c1-4-18-6-8-19(9-7-18)14-26-28(30)22-12-10-21(16-25(22)35-26)34-29(31)27-17(3)33-24-13-11-20(32-5-2)15-23(24)27/h6-16H,4-5H2,1-3H3. The number of ketones is 1. The first-order valence-corrected chi connectivity index (χ1v) is 11.5. The Morgan fingerprint density at radius 1 is 0.971 bits per heavy atom. The van der Waals surface area contributed by atoms with Crippen LogP contribution >= 0.6 is 0 Å². The fourth-order valence-electron chi connectivity index (χ4n) is 4.10. The van der Waals surface area contributed by atoms with E-state index in [0.29, 0.717) is 46.0 Å². The van der Waals surface area contributed by atoms with Gasteiger partial charge in [0.15, 0.2) is 5.76 Å². The van der Waals surface area contributed by atoms with Crippen molar-refractivity contribution in [3.8, 4) is 17.2 Å². The van der Waals surface area contributed by atoms with Crippen molar-refractivity contribution in [3.05, 3.63) is 94.4 Å². The maximum Gasteiger partial charge on any atom is 0.347 e. The number of fused-ring (bicyclic) bond motifs is 2. The predicted molar refractivity (Wildman–Crippen MR) is 132 cm³/mol. The molecule has 1 aromatic heterocycles. The molecule has 0 radical (unpaired) electrons. The highest BCUT2D eigenvalue weighted by atomic mass is 16.5. The van der Waals surface area contributed by atoms with Gasteiger partial charge < -0.3 is 18.6 Å². The molecule has 1 aliphatic heterocycles. The number of aryl methyl sites for hydroxylation is 2. The topological polar surface area (TPSA) is 75.0 Å². The molecule has 176 valence electrons. The Kier molecular flexibility index (Phi) is 5.87. The van der Waals surface area contributed by atoms with E-state index in [-0.39, 0.29) is 17.3 Å². The highest BCUT2D eigenvalue weighted by Gasteiger charge is 2.28. The lowest BCUT2D eigenvalue weighted by atomic mass is 10.1. The number of furan rings is 1. The van der Waals surface area contributed by atoms with Crippen LogP contribution in [0.4, 0.5) is 0 Å². The zero-order valence-corrected chi connectivity index (χ0v) is 19.7. The lowest BCUT2D eigenvalue weighted by Gasteiger charge is -2.06. The molecule has 35 heavy (non-hydrogen) atoms. The first-order valence-electron chi connectivity index (χ1n) is 11.5. The van der Waals surface area contributed by atoms with E-state index < -0.39 is 5.97 Å². The van der Waals surface area contributed by atoms with Gasteiger partial charge in [-0.25, -0.2) is 4.79 Å². The van der Waals surface area contributed by atoms with Gasteiger partial charge in [-0.3, -0.25) is 4.79 Å². The molecule has 0 N–H and O–H groups in total. The van der Waals surface area contributed by atoms with E-state index in [0.717, 1.165) is 12.0 Å². The number of benzene rings is 3. The van der Waals surface area contributed by atoms with Gasteiger partial charge in [-0.15, -0.1) is 0 Å². The number of carbonyl (C=O) groups is 2. The SMILES string of the molecule is CCOc1ccc2oc(C)c(C(=O)Oc3ccc4c(c3)OC(=Cc3ccc(CC)cc3)C4=O)c2c1. The molecule has 3 aromatic carbocycles. The van der Waals surface area contributed by atoms with Crippen LogP contribution in [0.1, 0.15) is 51.5 Å². The van der Waals surface area contributed by atoms with Crippen LogP contribution in [0.3, 0.4) is 0 Å². The Morgan fingerprint density at radius 3 is 2.49 bits per heavy atom. The number of esters is 1. The lowest BCUT2D eigenvalue weighted by Crippen LogP contribution is -2.09. The summed E-state index contributed by atoms with van der Waals surface area (Å²) in [6.07, 6.45) is 2.66. The van der Waals surface area contributed by atoms with Gasteiger partial charge in [0, 0.05) is 11.5 Å². The quantitative estimate of drug-likeness (QED) is 0.182. The molecule has 0 fully saturated rings. The largest absolute Gasteiger partial charge is 0.494 e. The Morgan fingerprint density at radius 2 is 1.74 bits per heavy atom. The second-order valence-corrected chi connectivity index (χ2v) is 8.21. The minimum Gasteiger partial charge on any atom is -0.494 e. The van der Waals surface area contributed by atoms with E-state index in [4.69, 9.17) is 18.6 Å². The number of hydrogen-bond acceptors (Lipinski definition) is 6. The Balaban J connectivity index is 1.38. The normalized spacial score (nSPS) is 13.7. The summed E-state index contributed by atoms with van der Waals surface area (Å²) in [6.45, 7) is 6.21. The third kappa shape index (κ3) is 4.30. The second-order valence-electron chi connectivity index (χ2n) is 8.21. The minimum absolute atomic E-state index is 0.211. The Bertz CT molecular complexity index is 1470. The van der Waals surface area contributed by atoms with E-state index in [9.17, 15) is 9.59 Å². The van der Waals surface area contributed by atoms with Gasteiger partial charge in [-0.05, 0) is 67.8 Å². The van der Waals surface area contributed by atoms with Crippen LogP contribution in [0.2, 0.25) is 0 Å². The van der Waals surface area contributed by atoms with Crippen LogP contribution in [-0.4, -0.2) is 18.4 Å². The minimum atomic E-state index is -0.564. The van der Waals surface area contributed by atoms with E-state index in [1.807, 2.05) is 31.2 Å². The third-order valence-corrected chi connectivity index (χ3v) is 5.89. The molecule has 0 saturated heterocycles. The molecule has 0 spiro atoms. The average molecular weight is 469 g/mol. The number of ether oxygens (including phenoxy) is 3. The van der Waals surface area contributed by atoms with Gasteiger partial charge in [0.25, 0.3) is 0 Å². The molecule has 1 aliphatic rings. The smallest absolute Gasteiger partial charge is 0.347 e. The Labute approximate surface area is 202 Å². The summed E-state index contributed by atoms with van der Waals surface area (Å²) in [5.74, 6) is 1.17. The average Bonchev–Trinajstić information content (AvgIpc) is 3.34. The van der Waals surface area contributed by atoms with Crippen molar-refractivity contribution >= 4 is 28.8 Å². The number of rotatable bonds is 6. The zero-order valence-electron chi connectivity index (χ0n) is 19.7. The molecular weight excluding hydrogens is 444 g/mol. The lowest BCUT2D eigenvalue weighted by molar-refractivity contribution is 0.0734. The predicted octanol–water partition coefficient (Wildman–Crippen LogP) is 6.54. The molecule has 5 rings (SSSR count). The van der Waals surface area contributed by atoms with Crippen LogP contribution in [0, 0.1) is 6.92 Å². The van der Waals surface area contributed by atoms with Crippen molar-refractivity contribution in [2.45, 2.75) is 27.2 Å². The molecule has 0 amide bonds. The number of allylic oxidation sites excluding steroid dienone is 1. The molecule has 6 nitrogen and oxygen atoms in total. The highest BCUT2D eigenvalue weighted by Crippen LogP contribution is 2.36. The van der Waals surface area contributed by atoms with Crippen LogP contribution in [0.5, 0.6) is 17.2 Å². The van der Waals surface area contributed by atoms with Gasteiger partial charge in [-0.1, -0.05) is 31.2 Å². The van der Waals surface area contributed by atoms with Crippen LogP contribution in [0.15, 0.2) is 70.8 Å².